The number of aromatic nitrogens is 1. The van der Waals surface area contributed by atoms with Gasteiger partial charge in [-0.1, -0.05) is 12.1 Å². The maximum atomic E-state index is 11.5. The van der Waals surface area contributed by atoms with Crippen molar-refractivity contribution in [3.05, 3.63) is 33.9 Å². The third-order valence-corrected chi connectivity index (χ3v) is 3.62. The van der Waals surface area contributed by atoms with E-state index in [1.807, 2.05) is 19.1 Å². The summed E-state index contributed by atoms with van der Waals surface area (Å²) >= 11 is 3.46. The Morgan fingerprint density at radius 2 is 2.18 bits per heavy atom. The Bertz CT molecular complexity index is 611. The Balaban J connectivity index is 2.77. The quantitative estimate of drug-likeness (QED) is 0.821. The molecule has 0 aliphatic heterocycles. The normalized spacial score (nSPS) is 10.5. The fourth-order valence-electron chi connectivity index (χ4n) is 1.63. The molecule has 2 N–H and O–H groups in total. The van der Waals surface area contributed by atoms with E-state index >= 15 is 0 Å². The van der Waals surface area contributed by atoms with Gasteiger partial charge in [0.2, 0.25) is 0 Å². The summed E-state index contributed by atoms with van der Waals surface area (Å²) in [4.78, 5) is 15.7. The van der Waals surface area contributed by atoms with Crippen LogP contribution in [0.3, 0.4) is 0 Å². The smallest absolute Gasteiger partial charge is 0.341 e. The Labute approximate surface area is 107 Å². The molecule has 0 radical (unpaired) electrons. The highest BCUT2D eigenvalue weighted by Crippen LogP contribution is 2.30. The number of hydrogen-bond donors (Lipinski definition) is 1. The van der Waals surface area contributed by atoms with Crippen LogP contribution in [0.5, 0.6) is 0 Å². The van der Waals surface area contributed by atoms with E-state index in [4.69, 9.17) is 5.73 Å². The van der Waals surface area contributed by atoms with Gasteiger partial charge >= 0.3 is 5.97 Å². The summed E-state index contributed by atoms with van der Waals surface area (Å²) < 4.78 is 5.54. The van der Waals surface area contributed by atoms with Crippen molar-refractivity contribution in [1.29, 1.82) is 0 Å². The molecule has 0 atom stereocenters. The molecular formula is C12H11BrN2O2. The second-order valence-electron chi connectivity index (χ2n) is 3.67. The molecule has 5 heteroatoms. The van der Waals surface area contributed by atoms with E-state index in [0.717, 1.165) is 20.9 Å². The lowest BCUT2D eigenvalue weighted by Gasteiger charge is -2.09. The Hall–Kier alpha value is -1.62. The van der Waals surface area contributed by atoms with Crippen molar-refractivity contribution in [3.63, 3.8) is 0 Å². The molecule has 0 unspecified atom stereocenters. The topological polar surface area (TPSA) is 65.2 Å². The number of anilines is 1. The van der Waals surface area contributed by atoms with Crippen LogP contribution in [0, 0.1) is 6.92 Å². The van der Waals surface area contributed by atoms with E-state index in [9.17, 15) is 4.79 Å². The summed E-state index contributed by atoms with van der Waals surface area (Å²) in [7, 11) is 1.32. The van der Waals surface area contributed by atoms with Crippen molar-refractivity contribution in [2.24, 2.45) is 0 Å². The standard InChI is InChI=1S/C12H11BrN2O2/c1-6-3-4-7-10(14)8(12(16)17-2)5-15-11(7)9(6)13/h3-5H,1-2H3,(H2,14,15). The first kappa shape index (κ1) is 11.9. The zero-order valence-corrected chi connectivity index (χ0v) is 11.0. The van der Waals surface area contributed by atoms with E-state index < -0.39 is 5.97 Å². The number of aryl methyl sites for hydroxylation is 1. The predicted octanol–water partition coefficient (Wildman–Crippen LogP) is 2.67. The summed E-state index contributed by atoms with van der Waals surface area (Å²) in [6.07, 6.45) is 1.44. The first-order valence-corrected chi connectivity index (χ1v) is 5.77. The fourth-order valence-corrected chi connectivity index (χ4v) is 2.07. The van der Waals surface area contributed by atoms with Gasteiger partial charge in [-0.3, -0.25) is 4.98 Å². The Morgan fingerprint density at radius 3 is 2.82 bits per heavy atom. The van der Waals surface area contributed by atoms with Crippen LogP contribution in [0.1, 0.15) is 15.9 Å². The first-order chi connectivity index (χ1) is 8.06. The van der Waals surface area contributed by atoms with E-state index in [1.54, 1.807) is 0 Å². The van der Waals surface area contributed by atoms with Crippen molar-refractivity contribution in [2.75, 3.05) is 12.8 Å². The van der Waals surface area contributed by atoms with Gasteiger partial charge in [-0.2, -0.15) is 0 Å². The van der Waals surface area contributed by atoms with Gasteiger partial charge < -0.3 is 10.5 Å². The number of pyridine rings is 1. The molecular weight excluding hydrogens is 284 g/mol. The average Bonchev–Trinajstić information content (AvgIpc) is 2.33. The monoisotopic (exact) mass is 294 g/mol. The highest BCUT2D eigenvalue weighted by atomic mass is 79.9. The lowest BCUT2D eigenvalue weighted by Crippen LogP contribution is -2.07. The van der Waals surface area contributed by atoms with Crippen molar-refractivity contribution in [3.8, 4) is 0 Å². The molecule has 0 aliphatic carbocycles. The number of halogens is 1. The molecule has 0 amide bonds. The highest BCUT2D eigenvalue weighted by molar-refractivity contribution is 9.10. The minimum absolute atomic E-state index is 0.288. The van der Waals surface area contributed by atoms with Crippen LogP contribution in [-0.2, 0) is 4.74 Å². The molecule has 1 heterocycles. The number of nitrogen functional groups attached to an aromatic ring is 1. The number of hydrogen-bond acceptors (Lipinski definition) is 4. The van der Waals surface area contributed by atoms with Crippen LogP contribution in [0.2, 0.25) is 0 Å². The van der Waals surface area contributed by atoms with Gasteiger partial charge in [0.1, 0.15) is 5.56 Å². The molecule has 0 saturated heterocycles. The van der Waals surface area contributed by atoms with Crippen LogP contribution in [-0.4, -0.2) is 18.1 Å². The summed E-state index contributed by atoms with van der Waals surface area (Å²) in [5.74, 6) is -0.478. The molecule has 0 fully saturated rings. The predicted molar refractivity (Wildman–Crippen MR) is 69.9 cm³/mol. The van der Waals surface area contributed by atoms with Gasteiger partial charge in [-0.05, 0) is 28.4 Å². The van der Waals surface area contributed by atoms with Crippen molar-refractivity contribution < 1.29 is 9.53 Å². The van der Waals surface area contributed by atoms with Crippen molar-refractivity contribution >= 4 is 38.5 Å². The fraction of sp³-hybridized carbons (Fsp3) is 0.167. The summed E-state index contributed by atoms with van der Waals surface area (Å²) in [6, 6.07) is 3.77. The van der Waals surface area contributed by atoms with E-state index in [0.29, 0.717) is 5.69 Å². The van der Waals surface area contributed by atoms with Gasteiger partial charge in [0.05, 0.1) is 18.3 Å². The molecule has 0 aliphatic rings. The zero-order valence-electron chi connectivity index (χ0n) is 9.45. The van der Waals surface area contributed by atoms with Gasteiger partial charge in [0.15, 0.2) is 0 Å². The van der Waals surface area contributed by atoms with Gasteiger partial charge in [0, 0.05) is 16.1 Å². The lowest BCUT2D eigenvalue weighted by atomic mass is 10.1. The van der Waals surface area contributed by atoms with Crippen LogP contribution in [0.15, 0.2) is 22.8 Å². The molecule has 0 bridgehead atoms. The molecule has 0 spiro atoms. The maximum Gasteiger partial charge on any atom is 0.341 e. The molecule has 17 heavy (non-hydrogen) atoms. The number of ether oxygens (including phenoxy) is 1. The molecule has 88 valence electrons. The number of rotatable bonds is 1. The third-order valence-electron chi connectivity index (χ3n) is 2.62. The van der Waals surface area contributed by atoms with E-state index in [-0.39, 0.29) is 5.56 Å². The van der Waals surface area contributed by atoms with Crippen LogP contribution in [0.25, 0.3) is 10.9 Å². The molecule has 1 aromatic carbocycles. The SMILES string of the molecule is COC(=O)c1cnc2c(Br)c(C)ccc2c1N. The van der Waals surface area contributed by atoms with Crippen LogP contribution in [0.4, 0.5) is 5.69 Å². The average molecular weight is 295 g/mol. The minimum Gasteiger partial charge on any atom is -0.465 e. The van der Waals surface area contributed by atoms with E-state index in [2.05, 4.69) is 25.7 Å². The highest BCUT2D eigenvalue weighted by Gasteiger charge is 2.15. The Kier molecular flexibility index (Phi) is 3.02. The van der Waals surface area contributed by atoms with E-state index in [1.165, 1.54) is 13.3 Å². The van der Waals surface area contributed by atoms with Gasteiger partial charge in [-0.25, -0.2) is 4.79 Å². The number of methoxy groups -OCH3 is 1. The van der Waals surface area contributed by atoms with Crippen LogP contribution >= 0.6 is 15.9 Å². The number of benzene rings is 1. The second-order valence-corrected chi connectivity index (χ2v) is 4.46. The largest absolute Gasteiger partial charge is 0.465 e. The molecule has 2 rings (SSSR count). The number of carbonyl (C=O) groups is 1. The third kappa shape index (κ3) is 1.86. The summed E-state index contributed by atoms with van der Waals surface area (Å²) in [5, 5.41) is 0.741. The van der Waals surface area contributed by atoms with Crippen molar-refractivity contribution in [2.45, 2.75) is 6.92 Å². The minimum atomic E-state index is -0.478. The zero-order chi connectivity index (χ0) is 12.6. The number of fused-ring (bicyclic) bond motifs is 1. The first-order valence-electron chi connectivity index (χ1n) is 4.98. The molecule has 2 aromatic rings. The number of nitrogens with two attached hydrogens (primary N) is 1. The van der Waals surface area contributed by atoms with Crippen LogP contribution < -0.4 is 5.73 Å². The maximum absolute atomic E-state index is 11.5. The molecule has 1 aromatic heterocycles. The number of nitrogens with zero attached hydrogens (tertiary/aromatic N) is 1. The van der Waals surface area contributed by atoms with Gasteiger partial charge in [-0.15, -0.1) is 0 Å². The lowest BCUT2D eigenvalue weighted by molar-refractivity contribution is 0.0601. The second kappa shape index (κ2) is 4.33. The summed E-state index contributed by atoms with van der Waals surface area (Å²) in [5.41, 5.74) is 8.44. The summed E-state index contributed by atoms with van der Waals surface area (Å²) in [6.45, 7) is 1.97. The van der Waals surface area contributed by atoms with Gasteiger partial charge in [0.25, 0.3) is 0 Å². The number of carbonyl (C=O) groups excluding carboxylic acids is 1. The molecule has 0 saturated carbocycles. The Morgan fingerprint density at radius 1 is 1.47 bits per heavy atom. The van der Waals surface area contributed by atoms with Crippen molar-refractivity contribution in [1.82, 2.24) is 4.98 Å². The number of esters is 1. The molecule has 4 nitrogen and oxygen atoms in total.